The molecule has 1 aromatic carbocycles. The lowest BCUT2D eigenvalue weighted by Gasteiger charge is -2.25. The number of pyridine rings is 1. The van der Waals surface area contributed by atoms with Crippen LogP contribution in [0, 0.1) is 13.8 Å². The average molecular weight is 392 g/mol. The second-order valence-corrected chi connectivity index (χ2v) is 9.35. The number of nitrogens with one attached hydrogen (secondary N) is 1. The zero-order valence-corrected chi connectivity index (χ0v) is 16.6. The first-order valence-electron chi connectivity index (χ1n) is 8.42. The largest absolute Gasteiger partial charge is 0.315 e. The van der Waals surface area contributed by atoms with Crippen molar-refractivity contribution in [2.24, 2.45) is 0 Å². The van der Waals surface area contributed by atoms with E-state index in [1.54, 1.807) is 12.3 Å². The maximum Gasteiger partial charge on any atom is 0.264 e. The van der Waals surface area contributed by atoms with Crippen LogP contribution in [0.4, 0.5) is 0 Å². The van der Waals surface area contributed by atoms with Crippen LogP contribution >= 0.6 is 0 Å². The second kappa shape index (κ2) is 7.66. The maximum atomic E-state index is 12.5. The molecule has 0 fully saturated rings. The SMILES string of the molecule is Cc1cccc(C)c1-c1ccn(CC[C@](C)(C(=O)NO)S(C)(=O)=O)c(=O)c1. The fraction of sp³-hybridized carbons (Fsp3) is 0.368. The monoisotopic (exact) mass is 392 g/mol. The Morgan fingerprint density at radius 3 is 2.30 bits per heavy atom. The van der Waals surface area contributed by atoms with E-state index in [0.717, 1.165) is 28.5 Å². The van der Waals surface area contributed by atoms with Crippen molar-refractivity contribution < 1.29 is 18.4 Å². The molecule has 1 aromatic heterocycles. The highest BCUT2D eigenvalue weighted by atomic mass is 32.2. The van der Waals surface area contributed by atoms with E-state index in [0.29, 0.717) is 0 Å². The van der Waals surface area contributed by atoms with Gasteiger partial charge in [0.25, 0.3) is 11.5 Å². The minimum Gasteiger partial charge on any atom is -0.315 e. The van der Waals surface area contributed by atoms with Crippen LogP contribution in [0.1, 0.15) is 24.5 Å². The molecule has 2 N–H and O–H groups in total. The molecule has 0 radical (unpaired) electrons. The number of nitrogens with zero attached hydrogens (tertiary/aromatic N) is 1. The minimum absolute atomic E-state index is 0.0167. The van der Waals surface area contributed by atoms with Crippen molar-refractivity contribution in [2.45, 2.75) is 38.5 Å². The molecule has 0 spiro atoms. The van der Waals surface area contributed by atoms with Crippen LogP contribution in [0.2, 0.25) is 0 Å². The van der Waals surface area contributed by atoms with Crippen LogP contribution in [-0.4, -0.2) is 35.1 Å². The predicted octanol–water partition coefficient (Wildman–Crippen LogP) is 1.83. The van der Waals surface area contributed by atoms with Gasteiger partial charge in [0.1, 0.15) is 0 Å². The number of carbonyl (C=O) groups excluding carboxylic acids is 1. The van der Waals surface area contributed by atoms with Gasteiger partial charge < -0.3 is 4.57 Å². The second-order valence-electron chi connectivity index (χ2n) is 6.91. The lowest BCUT2D eigenvalue weighted by molar-refractivity contribution is -0.131. The van der Waals surface area contributed by atoms with Crippen molar-refractivity contribution in [1.82, 2.24) is 10.0 Å². The quantitative estimate of drug-likeness (QED) is 0.576. The summed E-state index contributed by atoms with van der Waals surface area (Å²) in [6, 6.07) is 9.19. The number of hydrogen-bond donors (Lipinski definition) is 2. The fourth-order valence-electron chi connectivity index (χ4n) is 3.04. The van der Waals surface area contributed by atoms with E-state index < -0.39 is 20.5 Å². The lowest BCUT2D eigenvalue weighted by atomic mass is 9.96. The van der Waals surface area contributed by atoms with Crippen LogP contribution < -0.4 is 11.0 Å². The van der Waals surface area contributed by atoms with Gasteiger partial charge in [-0.3, -0.25) is 14.8 Å². The zero-order valence-electron chi connectivity index (χ0n) is 15.8. The smallest absolute Gasteiger partial charge is 0.264 e. The van der Waals surface area contributed by atoms with Gasteiger partial charge in [0.2, 0.25) is 0 Å². The molecule has 0 aliphatic carbocycles. The summed E-state index contributed by atoms with van der Waals surface area (Å²) in [7, 11) is -3.81. The number of hydroxylamine groups is 1. The van der Waals surface area contributed by atoms with Crippen LogP contribution in [0.5, 0.6) is 0 Å². The highest BCUT2D eigenvalue weighted by Gasteiger charge is 2.43. The summed E-state index contributed by atoms with van der Waals surface area (Å²) in [6.07, 6.45) is 2.36. The van der Waals surface area contributed by atoms with Gasteiger partial charge in [-0.25, -0.2) is 13.9 Å². The van der Waals surface area contributed by atoms with Crippen molar-refractivity contribution in [3.05, 3.63) is 58.0 Å². The number of benzene rings is 1. The van der Waals surface area contributed by atoms with Crippen LogP contribution in [0.3, 0.4) is 0 Å². The van der Waals surface area contributed by atoms with E-state index in [1.807, 2.05) is 32.0 Å². The van der Waals surface area contributed by atoms with Crippen LogP contribution in [0.25, 0.3) is 11.1 Å². The summed E-state index contributed by atoms with van der Waals surface area (Å²) in [4.78, 5) is 24.4. The highest BCUT2D eigenvalue weighted by molar-refractivity contribution is 7.92. The van der Waals surface area contributed by atoms with E-state index in [9.17, 15) is 18.0 Å². The topological polar surface area (TPSA) is 105 Å². The Labute approximate surface area is 158 Å². The standard InChI is InChI=1S/C19H24N2O5S/c1-13-6-5-7-14(2)17(13)15-8-10-21(16(22)12-15)11-9-19(3,18(23)20-24)27(4,25)26/h5-8,10,12,24H,9,11H2,1-4H3,(H,20,23)/t19-/m1/s1. The average Bonchev–Trinajstić information content (AvgIpc) is 2.58. The third-order valence-electron chi connectivity index (χ3n) is 5.00. The summed E-state index contributed by atoms with van der Waals surface area (Å²) in [5, 5.41) is 8.87. The van der Waals surface area contributed by atoms with Gasteiger partial charge in [0.05, 0.1) is 0 Å². The summed E-state index contributed by atoms with van der Waals surface area (Å²) in [5.74, 6) is -1.02. The molecule has 0 aliphatic heterocycles. The van der Waals surface area contributed by atoms with E-state index in [2.05, 4.69) is 0 Å². The van der Waals surface area contributed by atoms with E-state index in [4.69, 9.17) is 5.21 Å². The van der Waals surface area contributed by atoms with Gasteiger partial charge in [-0.1, -0.05) is 18.2 Å². The van der Waals surface area contributed by atoms with Crippen molar-refractivity contribution >= 4 is 15.7 Å². The zero-order chi connectivity index (χ0) is 20.4. The number of amides is 1. The normalized spacial score (nSPS) is 13.8. The van der Waals surface area contributed by atoms with Gasteiger partial charge in [-0.2, -0.15) is 0 Å². The molecule has 1 atom stereocenters. The molecule has 27 heavy (non-hydrogen) atoms. The number of sulfone groups is 1. The molecule has 1 amide bonds. The molecule has 0 aliphatic rings. The molecule has 0 unspecified atom stereocenters. The molecule has 0 saturated carbocycles. The fourth-order valence-corrected chi connectivity index (χ4v) is 3.88. The first-order chi connectivity index (χ1) is 12.5. The number of aromatic nitrogens is 1. The van der Waals surface area contributed by atoms with Crippen LogP contribution in [-0.2, 0) is 21.2 Å². The molecule has 0 saturated heterocycles. The van der Waals surface area contributed by atoms with Crippen molar-refractivity contribution in [3.63, 3.8) is 0 Å². The van der Waals surface area contributed by atoms with Gasteiger partial charge in [-0.15, -0.1) is 0 Å². The third kappa shape index (κ3) is 4.12. The predicted molar refractivity (Wildman–Crippen MR) is 103 cm³/mol. The summed E-state index contributed by atoms with van der Waals surface area (Å²) in [6.45, 7) is 5.19. The molecule has 8 heteroatoms. The van der Waals surface area contributed by atoms with Gasteiger partial charge >= 0.3 is 0 Å². The summed E-state index contributed by atoms with van der Waals surface area (Å²) < 4.78 is 23.5. The van der Waals surface area contributed by atoms with Crippen LogP contribution in [0.15, 0.2) is 41.3 Å². The molecule has 146 valence electrons. The number of aryl methyl sites for hydroxylation is 3. The van der Waals surface area contributed by atoms with Gasteiger partial charge in [-0.05, 0) is 55.5 Å². The first-order valence-corrected chi connectivity index (χ1v) is 10.3. The Bertz CT molecular complexity index is 1010. The molecule has 1 heterocycles. The molecular formula is C19H24N2O5S. The van der Waals surface area contributed by atoms with E-state index in [1.165, 1.54) is 23.0 Å². The maximum absolute atomic E-state index is 12.5. The third-order valence-corrected chi connectivity index (χ3v) is 7.02. The van der Waals surface area contributed by atoms with Gasteiger partial charge in [0, 0.05) is 25.1 Å². The first kappa shape index (κ1) is 20.9. The Balaban J connectivity index is 2.34. The molecule has 2 aromatic rings. The van der Waals surface area contributed by atoms with E-state index in [-0.39, 0.29) is 18.5 Å². The Hall–Kier alpha value is -2.45. The van der Waals surface area contributed by atoms with Crippen molar-refractivity contribution in [2.75, 3.05) is 6.26 Å². The summed E-state index contributed by atoms with van der Waals surface area (Å²) >= 11 is 0. The molecule has 0 bridgehead atoms. The Morgan fingerprint density at radius 2 is 1.81 bits per heavy atom. The highest BCUT2D eigenvalue weighted by Crippen LogP contribution is 2.26. The molecule has 7 nitrogen and oxygen atoms in total. The van der Waals surface area contributed by atoms with Crippen molar-refractivity contribution in [3.8, 4) is 11.1 Å². The van der Waals surface area contributed by atoms with E-state index >= 15 is 0 Å². The summed E-state index contributed by atoms with van der Waals surface area (Å²) in [5.41, 5.74) is 4.98. The molecular weight excluding hydrogens is 368 g/mol. The number of hydrogen-bond acceptors (Lipinski definition) is 5. The Kier molecular flexibility index (Phi) is 5.91. The minimum atomic E-state index is -3.81. The van der Waals surface area contributed by atoms with Gasteiger partial charge in [0.15, 0.2) is 14.6 Å². The van der Waals surface area contributed by atoms with Crippen molar-refractivity contribution in [1.29, 1.82) is 0 Å². The number of rotatable bonds is 6. The Morgan fingerprint density at radius 1 is 1.22 bits per heavy atom. The lowest BCUT2D eigenvalue weighted by Crippen LogP contribution is -2.49. The molecule has 2 rings (SSSR count). The number of carbonyl (C=O) groups is 1.